The molecule has 4 heterocycles. The van der Waals surface area contributed by atoms with E-state index in [0.717, 1.165) is 12.8 Å². The number of halogens is 3. The van der Waals surface area contributed by atoms with Gasteiger partial charge in [-0.15, -0.1) is 0 Å². The number of nitrogens with zero attached hydrogens (tertiary/aromatic N) is 8. The Morgan fingerprint density at radius 2 is 1.85 bits per heavy atom. The van der Waals surface area contributed by atoms with E-state index in [4.69, 9.17) is 27.1 Å². The molecule has 1 saturated carbocycles. The van der Waals surface area contributed by atoms with Gasteiger partial charge in [-0.05, 0) is 47.3 Å². The number of rotatable bonds is 11. The number of hydrogen-bond donors (Lipinski definition) is 1. The largest absolute Gasteiger partial charge is 0.463 e. The molecular weight excluding hydrogens is 644 g/mol. The van der Waals surface area contributed by atoms with Crippen molar-refractivity contribution in [2.75, 3.05) is 6.61 Å². The van der Waals surface area contributed by atoms with E-state index < -0.39 is 29.5 Å². The second-order valence-electron chi connectivity index (χ2n) is 13.9. The Morgan fingerprint density at radius 3 is 2.46 bits per heavy atom. The van der Waals surface area contributed by atoms with Crippen LogP contribution in [0.2, 0.25) is 5.02 Å². The first-order valence-corrected chi connectivity index (χ1v) is 15.8. The number of esters is 1. The van der Waals surface area contributed by atoms with Gasteiger partial charge in [-0.3, -0.25) is 19.5 Å². The van der Waals surface area contributed by atoms with Crippen LogP contribution in [-0.4, -0.2) is 58.9 Å². The van der Waals surface area contributed by atoms with Crippen molar-refractivity contribution < 1.29 is 23.1 Å². The third-order valence-electron chi connectivity index (χ3n) is 8.66. The van der Waals surface area contributed by atoms with E-state index >= 15 is 0 Å². The Hall–Kier alpha value is -4.72. The molecule has 6 rings (SSSR count). The third-order valence-corrected chi connectivity index (χ3v) is 8.95. The van der Waals surface area contributed by atoms with E-state index in [2.05, 4.69) is 20.2 Å². The molecular formula is C33H36ClF2N9O3. The van der Waals surface area contributed by atoms with Crippen LogP contribution in [0.4, 0.5) is 8.78 Å². The summed E-state index contributed by atoms with van der Waals surface area (Å²) in [7, 11) is 0. The predicted octanol–water partition coefficient (Wildman–Crippen LogP) is 5.84. The molecule has 252 valence electrons. The van der Waals surface area contributed by atoms with Gasteiger partial charge < -0.3 is 10.5 Å². The molecule has 0 saturated heterocycles. The summed E-state index contributed by atoms with van der Waals surface area (Å²) in [5.74, 6) is -0.887. The van der Waals surface area contributed by atoms with Crippen LogP contribution in [0, 0.1) is 10.8 Å². The van der Waals surface area contributed by atoms with Crippen molar-refractivity contribution in [3.8, 4) is 16.8 Å². The zero-order valence-electron chi connectivity index (χ0n) is 27.0. The van der Waals surface area contributed by atoms with E-state index in [0.29, 0.717) is 32.8 Å². The van der Waals surface area contributed by atoms with Gasteiger partial charge in [0.25, 0.3) is 5.91 Å². The normalized spacial score (nSPS) is 19.5. The number of hydrogen-bond acceptors (Lipinski definition) is 9. The summed E-state index contributed by atoms with van der Waals surface area (Å²) in [5.41, 5.74) is 7.19. The molecule has 48 heavy (non-hydrogen) atoms. The summed E-state index contributed by atoms with van der Waals surface area (Å²) in [5, 5.41) is 8.19. The molecule has 2 atom stereocenters. The predicted molar refractivity (Wildman–Crippen MR) is 173 cm³/mol. The fourth-order valence-corrected chi connectivity index (χ4v) is 6.18. The maximum atomic E-state index is 14.8. The molecule has 0 unspecified atom stereocenters. The Kier molecular flexibility index (Phi) is 8.56. The number of aromatic nitrogens is 6. The van der Waals surface area contributed by atoms with Gasteiger partial charge in [0.1, 0.15) is 25.3 Å². The van der Waals surface area contributed by atoms with E-state index in [1.54, 1.807) is 30.3 Å². The maximum absolute atomic E-state index is 14.8. The number of carbonyl (C=O) groups excluding carboxylic acids is 2. The van der Waals surface area contributed by atoms with Gasteiger partial charge in [0.15, 0.2) is 11.5 Å². The molecule has 15 heteroatoms. The highest BCUT2D eigenvalue weighted by Gasteiger charge is 2.53. The molecule has 1 aliphatic carbocycles. The highest BCUT2D eigenvalue weighted by molar-refractivity contribution is 6.32. The molecule has 1 amide bonds. The fourth-order valence-electron chi connectivity index (χ4n) is 5.99. The highest BCUT2D eigenvalue weighted by Crippen LogP contribution is 2.48. The molecule has 0 spiro atoms. The minimum atomic E-state index is -2.76. The van der Waals surface area contributed by atoms with Crippen molar-refractivity contribution in [1.82, 2.24) is 34.4 Å². The van der Waals surface area contributed by atoms with Crippen LogP contribution in [0.25, 0.3) is 16.8 Å². The summed E-state index contributed by atoms with van der Waals surface area (Å²) < 4.78 is 34.1. The topological polar surface area (TPSA) is 146 Å². The zero-order chi connectivity index (χ0) is 34.4. The number of nitrogens with two attached hydrogens (primary N) is 1. The number of benzene rings is 1. The van der Waals surface area contributed by atoms with Gasteiger partial charge in [-0.1, -0.05) is 63.6 Å². The number of guanidine groups is 1. The molecule has 0 bridgehead atoms. The Morgan fingerprint density at radius 1 is 1.12 bits per heavy atom. The van der Waals surface area contributed by atoms with Crippen molar-refractivity contribution in [3.63, 3.8) is 0 Å². The van der Waals surface area contributed by atoms with Crippen LogP contribution in [0.3, 0.4) is 0 Å². The standard InChI is InChI=1S/C33H36ClF2N9O3/c1-31(2,3)17-33(22-7-5-20(6-8-22)21-13-40-43(15-21)29(35)36)28(47)45(30(37)42-33)26(16-48-27(46)12-32(4)9-10-32)24-11-25(23(34)14-39-24)44-19-38-18-41-44/h5-8,11,13-15,18-19,26,29H,9-10,12,16-17H2,1-4H3,(H2,37,42)/t26-,33-/m1/s1. The summed E-state index contributed by atoms with van der Waals surface area (Å²) in [6.45, 7) is 5.01. The molecule has 1 aliphatic heterocycles. The van der Waals surface area contributed by atoms with Crippen molar-refractivity contribution in [3.05, 3.63) is 77.9 Å². The van der Waals surface area contributed by atoms with Crippen LogP contribution in [-0.2, 0) is 19.9 Å². The molecule has 0 radical (unpaired) electrons. The minimum Gasteiger partial charge on any atom is -0.463 e. The van der Waals surface area contributed by atoms with Crippen molar-refractivity contribution in [2.45, 2.75) is 71.5 Å². The second kappa shape index (κ2) is 12.4. The van der Waals surface area contributed by atoms with E-state index in [1.807, 2.05) is 27.7 Å². The first kappa shape index (κ1) is 33.2. The number of pyridine rings is 1. The lowest BCUT2D eigenvalue weighted by molar-refractivity contribution is -0.148. The van der Waals surface area contributed by atoms with Crippen LogP contribution in [0.5, 0.6) is 0 Å². The smallest absolute Gasteiger partial charge is 0.333 e. The van der Waals surface area contributed by atoms with Crippen LogP contribution in [0.1, 0.15) is 77.2 Å². The van der Waals surface area contributed by atoms with E-state index in [9.17, 15) is 18.4 Å². The first-order chi connectivity index (χ1) is 22.7. The molecule has 3 aromatic heterocycles. The average molecular weight is 680 g/mol. The number of amides is 1. The Bertz CT molecular complexity index is 1850. The van der Waals surface area contributed by atoms with E-state index in [1.165, 1.54) is 40.8 Å². The molecule has 4 aromatic rings. The fraction of sp³-hybridized carbons (Fsp3) is 0.424. The lowest BCUT2D eigenvalue weighted by Crippen LogP contribution is -2.47. The molecule has 1 aromatic carbocycles. The minimum absolute atomic E-state index is 0.0687. The monoisotopic (exact) mass is 679 g/mol. The summed E-state index contributed by atoms with van der Waals surface area (Å²) in [6.07, 6.45) is 9.30. The molecule has 1 fully saturated rings. The van der Waals surface area contributed by atoms with Gasteiger partial charge in [-0.25, -0.2) is 19.3 Å². The van der Waals surface area contributed by atoms with E-state index in [-0.39, 0.29) is 41.8 Å². The molecule has 2 aliphatic rings. The Labute approximate surface area is 281 Å². The highest BCUT2D eigenvalue weighted by atomic mass is 35.5. The van der Waals surface area contributed by atoms with Gasteiger partial charge in [-0.2, -0.15) is 19.0 Å². The number of aliphatic imine (C=N–C) groups is 1. The maximum Gasteiger partial charge on any atom is 0.333 e. The summed E-state index contributed by atoms with van der Waals surface area (Å²) in [6, 6.07) is 7.64. The van der Waals surface area contributed by atoms with Crippen LogP contribution in [0.15, 0.2) is 66.6 Å². The quantitative estimate of drug-likeness (QED) is 0.195. The number of carbonyl (C=O) groups is 2. The third kappa shape index (κ3) is 6.66. The first-order valence-electron chi connectivity index (χ1n) is 15.5. The number of ether oxygens (including phenoxy) is 1. The van der Waals surface area contributed by atoms with Crippen molar-refractivity contribution >= 4 is 29.4 Å². The SMILES string of the molecule is CC(C)(C)C[C@]1(c2ccc(-c3cnn(C(F)F)c3)cc2)N=C(N)N([C@H](COC(=O)CC2(C)CC2)c2cc(-n3cncn3)c(Cl)cn2)C1=O. The van der Waals surface area contributed by atoms with Gasteiger partial charge in [0, 0.05) is 18.0 Å². The van der Waals surface area contributed by atoms with Crippen molar-refractivity contribution in [1.29, 1.82) is 0 Å². The van der Waals surface area contributed by atoms with Gasteiger partial charge in [0.2, 0.25) is 0 Å². The molecule has 2 N–H and O–H groups in total. The lowest BCUT2D eigenvalue weighted by Gasteiger charge is -2.34. The van der Waals surface area contributed by atoms with Crippen LogP contribution < -0.4 is 5.73 Å². The zero-order valence-corrected chi connectivity index (χ0v) is 27.7. The Balaban J connectivity index is 1.38. The van der Waals surface area contributed by atoms with Gasteiger partial charge in [0.05, 0.1) is 29.0 Å². The summed E-state index contributed by atoms with van der Waals surface area (Å²) in [4.78, 5) is 42.5. The molecule has 12 nitrogen and oxygen atoms in total. The number of alkyl halides is 2. The second-order valence-corrected chi connectivity index (χ2v) is 14.3. The summed E-state index contributed by atoms with van der Waals surface area (Å²) >= 11 is 6.48. The van der Waals surface area contributed by atoms with Crippen molar-refractivity contribution in [2.24, 2.45) is 21.6 Å². The lowest BCUT2D eigenvalue weighted by atomic mass is 9.75. The average Bonchev–Trinajstić information content (AvgIpc) is 3.42. The van der Waals surface area contributed by atoms with Crippen LogP contribution >= 0.6 is 11.6 Å². The van der Waals surface area contributed by atoms with Gasteiger partial charge >= 0.3 is 12.5 Å².